The van der Waals surface area contributed by atoms with Crippen molar-refractivity contribution in [1.82, 2.24) is 24.8 Å². The first-order valence-electron chi connectivity index (χ1n) is 10.7. The van der Waals surface area contributed by atoms with Crippen LogP contribution in [0.3, 0.4) is 0 Å². The lowest BCUT2D eigenvalue weighted by molar-refractivity contribution is -0.0332. The fourth-order valence-corrected chi connectivity index (χ4v) is 6.01. The molecule has 5 rings (SSSR count). The number of amides is 1. The summed E-state index contributed by atoms with van der Waals surface area (Å²) in [4.78, 5) is 19.9. The molecule has 0 aromatic carbocycles. The van der Waals surface area contributed by atoms with Crippen molar-refractivity contribution in [3.05, 3.63) is 33.8 Å². The first-order chi connectivity index (χ1) is 14.1. The van der Waals surface area contributed by atoms with Crippen molar-refractivity contribution in [2.45, 2.75) is 45.2 Å². The average molecular weight is 416 g/mol. The quantitative estimate of drug-likeness (QED) is 0.768. The first kappa shape index (κ1) is 19.2. The van der Waals surface area contributed by atoms with Crippen LogP contribution >= 0.6 is 11.3 Å². The summed E-state index contributed by atoms with van der Waals surface area (Å²) in [5, 5.41) is 8.59. The standard InChI is InChI=1S/C21H29N5O2S/c1-16-2-3-17(29-16)14-24-8-6-21(7-9-24)5-4-19(21)26-15-18(22-23-26)20(27)25-10-12-28-13-11-25/h2-3,15,19H,4-14H2,1H3. The Morgan fingerprint density at radius 2 is 2.00 bits per heavy atom. The second-order valence-electron chi connectivity index (χ2n) is 8.69. The van der Waals surface area contributed by atoms with Crippen molar-refractivity contribution >= 4 is 17.2 Å². The fraction of sp³-hybridized carbons (Fsp3) is 0.667. The van der Waals surface area contributed by atoms with Crippen LogP contribution < -0.4 is 0 Å². The number of aromatic nitrogens is 3. The van der Waals surface area contributed by atoms with E-state index >= 15 is 0 Å². The van der Waals surface area contributed by atoms with Crippen LogP contribution in [-0.4, -0.2) is 70.1 Å². The minimum absolute atomic E-state index is 0.0195. The highest BCUT2D eigenvalue weighted by molar-refractivity contribution is 7.11. The van der Waals surface area contributed by atoms with E-state index in [1.54, 1.807) is 0 Å². The molecule has 1 unspecified atom stereocenters. The monoisotopic (exact) mass is 415 g/mol. The number of piperidine rings is 1. The van der Waals surface area contributed by atoms with Gasteiger partial charge in [-0.1, -0.05) is 5.21 Å². The van der Waals surface area contributed by atoms with E-state index in [1.807, 2.05) is 27.1 Å². The Bertz CT molecular complexity index is 864. The molecule has 0 radical (unpaired) electrons. The van der Waals surface area contributed by atoms with Gasteiger partial charge in [0.2, 0.25) is 0 Å². The van der Waals surface area contributed by atoms with Gasteiger partial charge in [-0.15, -0.1) is 16.4 Å². The van der Waals surface area contributed by atoms with E-state index in [4.69, 9.17) is 4.74 Å². The second kappa shape index (κ2) is 7.81. The molecule has 7 nitrogen and oxygen atoms in total. The van der Waals surface area contributed by atoms with E-state index in [2.05, 4.69) is 34.3 Å². The Balaban J connectivity index is 1.21. The summed E-state index contributed by atoms with van der Waals surface area (Å²) < 4.78 is 7.32. The Morgan fingerprint density at radius 1 is 1.21 bits per heavy atom. The van der Waals surface area contributed by atoms with Crippen molar-refractivity contribution in [3.8, 4) is 0 Å². The van der Waals surface area contributed by atoms with Gasteiger partial charge < -0.3 is 9.64 Å². The second-order valence-corrected chi connectivity index (χ2v) is 10.1. The molecule has 2 aliphatic heterocycles. The summed E-state index contributed by atoms with van der Waals surface area (Å²) in [6, 6.07) is 4.86. The molecule has 0 N–H and O–H groups in total. The number of carbonyl (C=O) groups is 1. The minimum atomic E-state index is -0.0195. The SMILES string of the molecule is Cc1ccc(CN2CCC3(CCC3n3cc(C(=O)N4CCOCC4)nn3)CC2)s1. The number of hydrogen-bond acceptors (Lipinski definition) is 6. The van der Waals surface area contributed by atoms with Crippen molar-refractivity contribution in [3.63, 3.8) is 0 Å². The van der Waals surface area contributed by atoms with Crippen LogP contribution in [0.1, 0.15) is 52.0 Å². The highest BCUT2D eigenvalue weighted by Gasteiger charge is 2.49. The van der Waals surface area contributed by atoms with E-state index in [1.165, 1.54) is 29.0 Å². The van der Waals surface area contributed by atoms with Crippen molar-refractivity contribution < 1.29 is 9.53 Å². The molecule has 4 heterocycles. The number of nitrogens with zero attached hydrogens (tertiary/aromatic N) is 5. The van der Waals surface area contributed by atoms with Crippen LogP contribution in [0.4, 0.5) is 0 Å². The molecule has 156 valence electrons. The lowest BCUT2D eigenvalue weighted by Gasteiger charge is -2.53. The normalized spacial score (nSPS) is 24.6. The zero-order chi connectivity index (χ0) is 19.8. The van der Waals surface area contributed by atoms with Crippen molar-refractivity contribution in [2.75, 3.05) is 39.4 Å². The average Bonchev–Trinajstić information content (AvgIpc) is 3.37. The molecule has 1 amide bonds. The number of rotatable bonds is 4. The molecular weight excluding hydrogens is 386 g/mol. The number of thiophene rings is 1. The third kappa shape index (κ3) is 3.73. The molecule has 2 aromatic rings. The largest absolute Gasteiger partial charge is 0.378 e. The van der Waals surface area contributed by atoms with Gasteiger partial charge in [0.1, 0.15) is 0 Å². The molecule has 2 saturated heterocycles. The molecular formula is C21H29N5O2S. The van der Waals surface area contributed by atoms with E-state index in [0.717, 1.165) is 26.1 Å². The van der Waals surface area contributed by atoms with E-state index < -0.39 is 0 Å². The molecule has 1 spiro atoms. The van der Waals surface area contributed by atoms with Gasteiger partial charge >= 0.3 is 0 Å². The van der Waals surface area contributed by atoms with Crippen LogP contribution in [0.5, 0.6) is 0 Å². The molecule has 8 heteroatoms. The maximum atomic E-state index is 12.7. The molecule has 29 heavy (non-hydrogen) atoms. The summed E-state index contributed by atoms with van der Waals surface area (Å²) in [7, 11) is 0. The number of aryl methyl sites for hydroxylation is 1. The van der Waals surface area contributed by atoms with Gasteiger partial charge in [-0.3, -0.25) is 9.69 Å². The zero-order valence-electron chi connectivity index (χ0n) is 17.0. The van der Waals surface area contributed by atoms with Crippen molar-refractivity contribution in [2.24, 2.45) is 5.41 Å². The van der Waals surface area contributed by atoms with Gasteiger partial charge in [0.25, 0.3) is 5.91 Å². The van der Waals surface area contributed by atoms with Crippen molar-refractivity contribution in [1.29, 1.82) is 0 Å². The van der Waals surface area contributed by atoms with Gasteiger partial charge in [-0.05, 0) is 63.2 Å². The summed E-state index contributed by atoms with van der Waals surface area (Å²) in [5.41, 5.74) is 0.800. The van der Waals surface area contributed by atoms with E-state index in [-0.39, 0.29) is 5.91 Å². The predicted molar refractivity (Wildman–Crippen MR) is 111 cm³/mol. The third-order valence-electron chi connectivity index (χ3n) is 7.00. The Kier molecular flexibility index (Phi) is 5.17. The van der Waals surface area contributed by atoms with Gasteiger partial charge in [-0.2, -0.15) is 0 Å². The lowest BCUT2D eigenvalue weighted by atomic mass is 9.59. The lowest BCUT2D eigenvalue weighted by Crippen LogP contribution is -2.49. The van der Waals surface area contributed by atoms with Crippen LogP contribution in [0, 0.1) is 12.3 Å². The van der Waals surface area contributed by atoms with Crippen LogP contribution in [0.15, 0.2) is 18.3 Å². The number of likely N-dealkylation sites (tertiary alicyclic amines) is 1. The minimum Gasteiger partial charge on any atom is -0.378 e. The van der Waals surface area contributed by atoms with Crippen LogP contribution in [0.25, 0.3) is 0 Å². The zero-order valence-corrected chi connectivity index (χ0v) is 17.9. The summed E-state index contributed by atoms with van der Waals surface area (Å²) in [5.74, 6) is -0.0195. The third-order valence-corrected chi connectivity index (χ3v) is 7.98. The number of morpholine rings is 1. The Labute approximate surface area is 175 Å². The maximum Gasteiger partial charge on any atom is 0.276 e. The van der Waals surface area contributed by atoms with Gasteiger partial charge in [0.15, 0.2) is 5.69 Å². The fourth-order valence-electron chi connectivity index (χ4n) is 5.08. The number of carbonyl (C=O) groups excluding carboxylic acids is 1. The summed E-state index contributed by atoms with van der Waals surface area (Å²) >= 11 is 1.91. The van der Waals surface area contributed by atoms with Crippen LogP contribution in [-0.2, 0) is 11.3 Å². The maximum absolute atomic E-state index is 12.7. The molecule has 1 atom stereocenters. The predicted octanol–water partition coefficient (Wildman–Crippen LogP) is 2.74. The molecule has 2 aromatic heterocycles. The first-order valence-corrected chi connectivity index (χ1v) is 11.5. The topological polar surface area (TPSA) is 63.5 Å². The van der Waals surface area contributed by atoms with Crippen LogP contribution in [0.2, 0.25) is 0 Å². The molecule has 1 saturated carbocycles. The summed E-state index contributed by atoms with van der Waals surface area (Å²) in [6.45, 7) is 8.01. The number of hydrogen-bond donors (Lipinski definition) is 0. The smallest absolute Gasteiger partial charge is 0.276 e. The van der Waals surface area contributed by atoms with E-state index in [0.29, 0.717) is 43.5 Å². The van der Waals surface area contributed by atoms with Gasteiger partial charge in [-0.25, -0.2) is 4.68 Å². The van der Waals surface area contributed by atoms with E-state index in [9.17, 15) is 4.79 Å². The molecule has 1 aliphatic carbocycles. The highest BCUT2D eigenvalue weighted by atomic mass is 32.1. The molecule has 0 bridgehead atoms. The highest BCUT2D eigenvalue weighted by Crippen LogP contribution is 2.56. The summed E-state index contributed by atoms with van der Waals surface area (Å²) in [6.07, 6.45) is 6.68. The van der Waals surface area contributed by atoms with Gasteiger partial charge in [0.05, 0.1) is 25.5 Å². The Morgan fingerprint density at radius 3 is 2.66 bits per heavy atom. The molecule has 3 aliphatic rings. The number of ether oxygens (including phenoxy) is 1. The Hall–Kier alpha value is -1.77. The van der Waals surface area contributed by atoms with Gasteiger partial charge in [0, 0.05) is 29.4 Å². The molecule has 3 fully saturated rings.